The van der Waals surface area contributed by atoms with Crippen LogP contribution in [0.15, 0.2) is 16.7 Å². The lowest BCUT2D eigenvalue weighted by Crippen LogP contribution is -2.42. The third-order valence-electron chi connectivity index (χ3n) is 5.42. The molecule has 3 heterocycles. The summed E-state index contributed by atoms with van der Waals surface area (Å²) in [5, 5.41) is 9.22. The van der Waals surface area contributed by atoms with E-state index in [1.165, 1.54) is 24.1 Å². The number of halogens is 3. The first-order chi connectivity index (χ1) is 16.4. The third kappa shape index (κ3) is 7.55. The lowest BCUT2D eigenvalue weighted by atomic mass is 10.0. The largest absolute Gasteiger partial charge is 0.451 e. The van der Waals surface area contributed by atoms with Gasteiger partial charge in [-0.25, -0.2) is 9.97 Å². The van der Waals surface area contributed by atoms with Gasteiger partial charge in [-0.3, -0.25) is 9.59 Å². The van der Waals surface area contributed by atoms with Gasteiger partial charge in [-0.15, -0.1) is 0 Å². The van der Waals surface area contributed by atoms with Crippen LogP contribution in [0.1, 0.15) is 44.7 Å². The molecule has 192 valence electrons. The number of carbonyl (C=O) groups is 2. The summed E-state index contributed by atoms with van der Waals surface area (Å²) < 4.78 is 45.3. The molecule has 1 aliphatic heterocycles. The molecule has 35 heavy (non-hydrogen) atoms. The van der Waals surface area contributed by atoms with Crippen LogP contribution in [0.2, 0.25) is 0 Å². The first kappa shape index (κ1) is 26.2. The molecule has 0 aliphatic carbocycles. The van der Waals surface area contributed by atoms with Crippen molar-refractivity contribution >= 4 is 29.3 Å². The van der Waals surface area contributed by atoms with E-state index in [9.17, 15) is 22.8 Å². The van der Waals surface area contributed by atoms with Crippen LogP contribution in [0.25, 0.3) is 0 Å². The van der Waals surface area contributed by atoms with E-state index >= 15 is 0 Å². The number of anilines is 3. The predicted octanol–water partition coefficient (Wildman–Crippen LogP) is 3.32. The van der Waals surface area contributed by atoms with Crippen LogP contribution in [-0.4, -0.2) is 64.6 Å². The summed E-state index contributed by atoms with van der Waals surface area (Å²) in [5.74, 6) is -0.798. The minimum absolute atomic E-state index is 0.00802. The second-order valence-electron chi connectivity index (χ2n) is 9.06. The maximum Gasteiger partial charge on any atom is 0.451 e. The van der Waals surface area contributed by atoms with Crippen LogP contribution in [0, 0.1) is 12.8 Å². The van der Waals surface area contributed by atoms with Crippen LogP contribution in [0.4, 0.5) is 30.6 Å². The van der Waals surface area contributed by atoms with Crippen LogP contribution < -0.4 is 15.5 Å². The number of alkyl halides is 3. The number of aromatic nitrogens is 3. The van der Waals surface area contributed by atoms with Gasteiger partial charge in [0.1, 0.15) is 17.4 Å². The monoisotopic (exact) mass is 497 g/mol. The minimum Gasteiger partial charge on any atom is -0.367 e. The lowest BCUT2D eigenvalue weighted by molar-refractivity contribution is -0.144. The SMILES string of the molecule is Cc1cc(NC(=O)CN(C)c2cc(NC3CCN(C(=O)CC(C)C)CC3)nc(C(F)(F)F)n2)no1. The summed E-state index contributed by atoms with van der Waals surface area (Å²) in [5.41, 5.74) is 0. The highest BCUT2D eigenvalue weighted by Crippen LogP contribution is 2.30. The zero-order valence-electron chi connectivity index (χ0n) is 20.1. The molecule has 2 aromatic rings. The summed E-state index contributed by atoms with van der Waals surface area (Å²) in [7, 11) is 1.46. The number of likely N-dealkylation sites (tertiary alicyclic amines) is 1. The van der Waals surface area contributed by atoms with E-state index in [1.807, 2.05) is 13.8 Å². The molecule has 1 fully saturated rings. The van der Waals surface area contributed by atoms with Gasteiger partial charge in [-0.2, -0.15) is 13.2 Å². The van der Waals surface area contributed by atoms with Gasteiger partial charge in [-0.05, 0) is 25.7 Å². The summed E-state index contributed by atoms with van der Waals surface area (Å²) in [4.78, 5) is 34.9. The minimum atomic E-state index is -4.76. The standard InChI is InChI=1S/C22H30F3N7O3/c1-13(2)9-20(34)32-7-5-15(6-8-32)26-16-11-18(29-21(28-16)22(23,24)25)31(4)12-19(33)27-17-10-14(3)35-30-17/h10-11,13,15H,5-9,12H2,1-4H3,(H,26,28,29)(H,27,30,33). The number of hydrogen-bond acceptors (Lipinski definition) is 8. The molecule has 10 nitrogen and oxygen atoms in total. The van der Waals surface area contributed by atoms with E-state index in [-0.39, 0.29) is 41.9 Å². The lowest BCUT2D eigenvalue weighted by Gasteiger charge is -2.33. The Balaban J connectivity index is 1.67. The van der Waals surface area contributed by atoms with E-state index < -0.39 is 17.9 Å². The van der Waals surface area contributed by atoms with Crippen molar-refractivity contribution in [3.05, 3.63) is 23.7 Å². The van der Waals surface area contributed by atoms with Crippen LogP contribution in [0.3, 0.4) is 0 Å². The molecule has 13 heteroatoms. The topological polar surface area (TPSA) is 116 Å². The van der Waals surface area contributed by atoms with Crippen molar-refractivity contribution in [2.75, 3.05) is 42.2 Å². The average Bonchev–Trinajstić information content (AvgIpc) is 3.17. The number of piperidine rings is 1. The van der Waals surface area contributed by atoms with Gasteiger partial charge in [0.25, 0.3) is 0 Å². The normalized spacial score (nSPS) is 14.8. The number of likely N-dealkylation sites (N-methyl/N-ethyl adjacent to an activating group) is 1. The van der Waals surface area contributed by atoms with Gasteiger partial charge in [0.15, 0.2) is 5.82 Å². The zero-order valence-corrected chi connectivity index (χ0v) is 20.1. The maximum atomic E-state index is 13.5. The molecule has 2 amide bonds. The number of hydrogen-bond donors (Lipinski definition) is 2. The van der Waals surface area contributed by atoms with Gasteiger partial charge >= 0.3 is 6.18 Å². The summed E-state index contributed by atoms with van der Waals surface area (Å²) in [6.07, 6.45) is -3.13. The average molecular weight is 498 g/mol. The Morgan fingerprint density at radius 2 is 1.89 bits per heavy atom. The number of amides is 2. The number of nitrogens with one attached hydrogen (secondary N) is 2. The fraction of sp³-hybridized carbons (Fsp3) is 0.591. The van der Waals surface area contributed by atoms with Crippen molar-refractivity contribution < 1.29 is 27.3 Å². The van der Waals surface area contributed by atoms with E-state index in [4.69, 9.17) is 4.52 Å². The zero-order chi connectivity index (χ0) is 25.8. The van der Waals surface area contributed by atoms with Crippen molar-refractivity contribution in [2.45, 2.75) is 52.3 Å². The van der Waals surface area contributed by atoms with E-state index in [0.29, 0.717) is 38.1 Å². The van der Waals surface area contributed by atoms with Gasteiger partial charge < -0.3 is 25.0 Å². The Morgan fingerprint density at radius 1 is 1.20 bits per heavy atom. The summed E-state index contributed by atoms with van der Waals surface area (Å²) >= 11 is 0. The molecule has 2 N–H and O–H groups in total. The summed E-state index contributed by atoms with van der Waals surface area (Å²) in [6.45, 7) is 6.40. The first-order valence-corrected chi connectivity index (χ1v) is 11.4. The Morgan fingerprint density at radius 3 is 2.46 bits per heavy atom. The first-order valence-electron chi connectivity index (χ1n) is 11.4. The highest BCUT2D eigenvalue weighted by molar-refractivity contribution is 5.93. The maximum absolute atomic E-state index is 13.5. The number of carbonyl (C=O) groups excluding carboxylic acids is 2. The molecule has 0 radical (unpaired) electrons. The molecule has 0 saturated carbocycles. The Hall–Kier alpha value is -3.38. The second-order valence-corrected chi connectivity index (χ2v) is 9.06. The van der Waals surface area contributed by atoms with Crippen molar-refractivity contribution in [1.82, 2.24) is 20.0 Å². The van der Waals surface area contributed by atoms with Crippen molar-refractivity contribution in [3.63, 3.8) is 0 Å². The van der Waals surface area contributed by atoms with Gasteiger partial charge in [0.05, 0.1) is 6.54 Å². The van der Waals surface area contributed by atoms with E-state index in [1.54, 1.807) is 11.8 Å². The fourth-order valence-electron chi connectivity index (χ4n) is 3.70. The molecular weight excluding hydrogens is 467 g/mol. The van der Waals surface area contributed by atoms with Gasteiger partial charge in [0.2, 0.25) is 17.6 Å². The quantitative estimate of drug-likeness (QED) is 0.571. The Labute approximate surface area is 201 Å². The molecule has 0 atom stereocenters. The Bertz CT molecular complexity index is 1030. The molecule has 0 spiro atoms. The summed E-state index contributed by atoms with van der Waals surface area (Å²) in [6, 6.07) is 2.75. The fourth-order valence-corrected chi connectivity index (χ4v) is 3.70. The molecule has 3 rings (SSSR count). The van der Waals surface area contributed by atoms with E-state index in [2.05, 4.69) is 25.8 Å². The molecular formula is C22H30F3N7O3. The highest BCUT2D eigenvalue weighted by atomic mass is 19.4. The second kappa shape index (κ2) is 10.9. The molecule has 2 aromatic heterocycles. The molecule has 0 bridgehead atoms. The molecule has 1 saturated heterocycles. The highest BCUT2D eigenvalue weighted by Gasteiger charge is 2.36. The molecule has 0 aromatic carbocycles. The van der Waals surface area contributed by atoms with Gasteiger partial charge in [0, 0.05) is 44.7 Å². The van der Waals surface area contributed by atoms with E-state index in [0.717, 1.165) is 0 Å². The number of nitrogens with zero attached hydrogens (tertiary/aromatic N) is 5. The third-order valence-corrected chi connectivity index (χ3v) is 5.42. The predicted molar refractivity (Wildman–Crippen MR) is 123 cm³/mol. The number of aryl methyl sites for hydroxylation is 1. The van der Waals surface area contributed by atoms with Crippen LogP contribution in [0.5, 0.6) is 0 Å². The molecule has 1 aliphatic rings. The van der Waals surface area contributed by atoms with Crippen molar-refractivity contribution in [2.24, 2.45) is 5.92 Å². The van der Waals surface area contributed by atoms with Crippen LogP contribution >= 0.6 is 0 Å². The smallest absolute Gasteiger partial charge is 0.367 e. The molecule has 0 unspecified atom stereocenters. The Kier molecular flexibility index (Phi) is 8.18. The van der Waals surface area contributed by atoms with Crippen molar-refractivity contribution in [3.8, 4) is 0 Å². The van der Waals surface area contributed by atoms with Gasteiger partial charge in [-0.1, -0.05) is 19.0 Å². The van der Waals surface area contributed by atoms with Crippen molar-refractivity contribution in [1.29, 1.82) is 0 Å². The van der Waals surface area contributed by atoms with Crippen LogP contribution in [-0.2, 0) is 15.8 Å². The number of rotatable bonds is 8.